The van der Waals surface area contributed by atoms with Crippen LogP contribution in [-0.2, 0) is 14.3 Å². The van der Waals surface area contributed by atoms with Crippen LogP contribution in [0.25, 0.3) is 0 Å². The maximum absolute atomic E-state index is 12.6. The molecule has 2 rings (SSSR count). The number of carboxylic acids is 1. The number of aliphatic carboxylic acids is 1. The molecule has 0 saturated carbocycles. The Labute approximate surface area is 135 Å². The Morgan fingerprint density at radius 1 is 1.25 bits per heavy atom. The highest BCUT2D eigenvalue weighted by atomic mass is 19.4. The standard InChI is InChI=1S/C15H16F3NO5/c16-15(17,18)11(20)9-2-1-3-10(8-9)19-12(21)14(13(22)23)4-6-24-7-5-14/h1-3,8,11,20H,4-7H2,(H,19,21)(H,22,23). The first-order chi connectivity index (χ1) is 11.2. The number of alkyl halides is 3. The highest BCUT2D eigenvalue weighted by Crippen LogP contribution is 2.35. The predicted molar refractivity (Wildman–Crippen MR) is 76.2 cm³/mol. The quantitative estimate of drug-likeness (QED) is 0.725. The molecule has 132 valence electrons. The number of carbonyl (C=O) groups excluding carboxylic acids is 1. The van der Waals surface area contributed by atoms with Gasteiger partial charge in [0.2, 0.25) is 5.91 Å². The van der Waals surface area contributed by atoms with Crippen LogP contribution in [0.1, 0.15) is 24.5 Å². The van der Waals surface area contributed by atoms with E-state index in [1.54, 1.807) is 0 Å². The Kier molecular flexibility index (Phi) is 5.14. The molecule has 1 aliphatic rings. The second-order valence-electron chi connectivity index (χ2n) is 5.52. The van der Waals surface area contributed by atoms with E-state index in [4.69, 9.17) is 4.74 Å². The van der Waals surface area contributed by atoms with Gasteiger partial charge in [0, 0.05) is 18.9 Å². The van der Waals surface area contributed by atoms with E-state index in [1.807, 2.05) is 0 Å². The molecule has 0 bridgehead atoms. The van der Waals surface area contributed by atoms with Crippen LogP contribution in [0.15, 0.2) is 24.3 Å². The van der Waals surface area contributed by atoms with Crippen molar-refractivity contribution < 1.29 is 37.7 Å². The number of aliphatic hydroxyl groups excluding tert-OH is 1. The van der Waals surface area contributed by atoms with Gasteiger partial charge >= 0.3 is 12.1 Å². The molecule has 1 saturated heterocycles. The van der Waals surface area contributed by atoms with E-state index in [0.717, 1.165) is 12.1 Å². The van der Waals surface area contributed by atoms with Gasteiger partial charge in [0.05, 0.1) is 0 Å². The van der Waals surface area contributed by atoms with Gasteiger partial charge in [0.25, 0.3) is 0 Å². The molecule has 1 atom stereocenters. The topological polar surface area (TPSA) is 95.9 Å². The maximum Gasteiger partial charge on any atom is 0.418 e. The molecule has 0 radical (unpaired) electrons. The number of halogens is 3. The number of carboxylic acid groups (broad SMARTS) is 1. The lowest BCUT2D eigenvalue weighted by molar-refractivity contribution is -0.206. The Morgan fingerprint density at radius 3 is 2.42 bits per heavy atom. The van der Waals surface area contributed by atoms with E-state index in [0.29, 0.717) is 0 Å². The van der Waals surface area contributed by atoms with Crippen LogP contribution in [0.4, 0.5) is 18.9 Å². The number of nitrogens with one attached hydrogen (secondary N) is 1. The largest absolute Gasteiger partial charge is 0.480 e. The van der Waals surface area contributed by atoms with Crippen molar-refractivity contribution in [3.8, 4) is 0 Å². The molecule has 1 amide bonds. The van der Waals surface area contributed by atoms with Crippen molar-refractivity contribution in [1.29, 1.82) is 0 Å². The Bertz CT molecular complexity index is 626. The fourth-order valence-corrected chi connectivity index (χ4v) is 2.48. The number of carbonyl (C=O) groups is 2. The molecule has 1 aromatic carbocycles. The summed E-state index contributed by atoms with van der Waals surface area (Å²) in [5.41, 5.74) is -2.15. The Morgan fingerprint density at radius 2 is 1.88 bits per heavy atom. The molecule has 1 aromatic rings. The monoisotopic (exact) mass is 347 g/mol. The number of hydrogen-bond donors (Lipinski definition) is 3. The highest BCUT2D eigenvalue weighted by Gasteiger charge is 2.47. The maximum atomic E-state index is 12.6. The predicted octanol–water partition coefficient (Wildman–Crippen LogP) is 2.10. The summed E-state index contributed by atoms with van der Waals surface area (Å²) >= 11 is 0. The van der Waals surface area contributed by atoms with Crippen LogP contribution in [-0.4, -0.2) is 41.5 Å². The molecule has 6 nitrogen and oxygen atoms in total. The summed E-state index contributed by atoms with van der Waals surface area (Å²) < 4.78 is 42.7. The molecule has 1 unspecified atom stereocenters. The van der Waals surface area contributed by atoms with Gasteiger partial charge in [-0.2, -0.15) is 13.2 Å². The summed E-state index contributed by atoms with van der Waals surface area (Å²) in [4.78, 5) is 23.9. The normalized spacial score (nSPS) is 18.7. The van der Waals surface area contributed by atoms with Crippen LogP contribution in [0.3, 0.4) is 0 Å². The minimum atomic E-state index is -4.84. The summed E-state index contributed by atoms with van der Waals surface area (Å²) in [5, 5.41) is 21.0. The molecule has 1 aliphatic heterocycles. The molecule has 1 heterocycles. The number of rotatable bonds is 4. The number of amides is 1. The lowest BCUT2D eigenvalue weighted by atomic mass is 9.79. The third-order valence-electron chi connectivity index (χ3n) is 3.96. The van der Waals surface area contributed by atoms with Crippen LogP contribution < -0.4 is 5.32 Å². The summed E-state index contributed by atoms with van der Waals surface area (Å²) in [5.74, 6) is -2.13. The van der Waals surface area contributed by atoms with Gasteiger partial charge in [-0.05, 0) is 30.5 Å². The van der Waals surface area contributed by atoms with Crippen molar-refractivity contribution in [2.75, 3.05) is 18.5 Å². The van der Waals surface area contributed by atoms with Crippen molar-refractivity contribution in [3.63, 3.8) is 0 Å². The summed E-state index contributed by atoms with van der Waals surface area (Å²) in [6.07, 6.45) is -7.59. The minimum Gasteiger partial charge on any atom is -0.480 e. The second kappa shape index (κ2) is 6.78. The van der Waals surface area contributed by atoms with Gasteiger partial charge < -0.3 is 20.3 Å². The van der Waals surface area contributed by atoms with Crippen molar-refractivity contribution in [2.45, 2.75) is 25.1 Å². The fourth-order valence-electron chi connectivity index (χ4n) is 2.48. The van der Waals surface area contributed by atoms with E-state index < -0.39 is 35.1 Å². The molecular weight excluding hydrogens is 331 g/mol. The van der Waals surface area contributed by atoms with Gasteiger partial charge in [0.1, 0.15) is 0 Å². The molecule has 0 spiro atoms. The zero-order valence-corrected chi connectivity index (χ0v) is 12.5. The zero-order valence-electron chi connectivity index (χ0n) is 12.5. The molecule has 1 fully saturated rings. The zero-order chi connectivity index (χ0) is 18.0. The van der Waals surface area contributed by atoms with E-state index in [2.05, 4.69) is 5.32 Å². The van der Waals surface area contributed by atoms with Crippen LogP contribution in [0.2, 0.25) is 0 Å². The number of benzene rings is 1. The van der Waals surface area contributed by atoms with E-state index in [9.17, 15) is 33.0 Å². The summed E-state index contributed by atoms with van der Waals surface area (Å²) in [6.45, 7) is 0.207. The van der Waals surface area contributed by atoms with E-state index in [1.165, 1.54) is 12.1 Å². The fraction of sp³-hybridized carbons (Fsp3) is 0.467. The molecule has 3 N–H and O–H groups in total. The number of hydrogen-bond acceptors (Lipinski definition) is 4. The van der Waals surface area contributed by atoms with Crippen molar-refractivity contribution in [3.05, 3.63) is 29.8 Å². The van der Waals surface area contributed by atoms with Gasteiger partial charge in [-0.15, -0.1) is 0 Å². The van der Waals surface area contributed by atoms with Gasteiger partial charge in [-0.1, -0.05) is 12.1 Å². The SMILES string of the molecule is O=C(O)C1(C(=O)Nc2cccc(C(O)C(F)(F)F)c2)CCOCC1. The number of anilines is 1. The molecule has 0 aliphatic carbocycles. The Balaban J connectivity index is 2.21. The van der Waals surface area contributed by atoms with Crippen molar-refractivity contribution >= 4 is 17.6 Å². The molecule has 9 heteroatoms. The van der Waals surface area contributed by atoms with Crippen LogP contribution >= 0.6 is 0 Å². The number of aliphatic hydroxyl groups is 1. The summed E-state index contributed by atoms with van der Waals surface area (Å²) in [7, 11) is 0. The first-order valence-corrected chi connectivity index (χ1v) is 7.14. The average molecular weight is 347 g/mol. The van der Waals surface area contributed by atoms with E-state index >= 15 is 0 Å². The van der Waals surface area contributed by atoms with Crippen LogP contribution in [0, 0.1) is 5.41 Å². The third-order valence-corrected chi connectivity index (χ3v) is 3.96. The van der Waals surface area contributed by atoms with Gasteiger partial charge in [0.15, 0.2) is 11.5 Å². The molecular formula is C15H16F3NO5. The third kappa shape index (κ3) is 3.68. The van der Waals surface area contributed by atoms with E-state index in [-0.39, 0.29) is 31.7 Å². The lowest BCUT2D eigenvalue weighted by Gasteiger charge is -2.31. The lowest BCUT2D eigenvalue weighted by Crippen LogP contribution is -2.47. The van der Waals surface area contributed by atoms with Crippen LogP contribution in [0.5, 0.6) is 0 Å². The summed E-state index contributed by atoms with van der Waals surface area (Å²) in [6, 6.07) is 4.58. The van der Waals surface area contributed by atoms with Gasteiger partial charge in [-0.25, -0.2) is 0 Å². The average Bonchev–Trinajstić information content (AvgIpc) is 2.54. The Hall–Kier alpha value is -2.13. The van der Waals surface area contributed by atoms with Gasteiger partial charge in [-0.3, -0.25) is 9.59 Å². The van der Waals surface area contributed by atoms with Crippen molar-refractivity contribution in [2.24, 2.45) is 5.41 Å². The molecule has 24 heavy (non-hydrogen) atoms. The number of ether oxygens (including phenoxy) is 1. The first-order valence-electron chi connectivity index (χ1n) is 7.14. The van der Waals surface area contributed by atoms with Crippen molar-refractivity contribution in [1.82, 2.24) is 0 Å². The second-order valence-corrected chi connectivity index (χ2v) is 5.52. The highest BCUT2D eigenvalue weighted by molar-refractivity contribution is 6.08. The molecule has 0 aromatic heterocycles. The smallest absolute Gasteiger partial charge is 0.418 e. The minimum absolute atomic E-state index is 0.0204. The first kappa shape index (κ1) is 18.2.